The maximum atomic E-state index is 12.0. The summed E-state index contributed by atoms with van der Waals surface area (Å²) in [4.78, 5) is 16.2. The van der Waals surface area contributed by atoms with E-state index in [0.29, 0.717) is 5.92 Å². The van der Waals surface area contributed by atoms with Crippen LogP contribution < -0.4 is 10.2 Å². The largest absolute Gasteiger partial charge is 0.368 e. The number of benzene rings is 1. The number of hydrogen-bond donors (Lipinski definition) is 1. The zero-order valence-electron chi connectivity index (χ0n) is 11.7. The first kappa shape index (κ1) is 13.0. The molecular weight excluding hydrogens is 250 g/mol. The monoisotopic (exact) mass is 271 g/mol. The lowest BCUT2D eigenvalue weighted by molar-refractivity contribution is 0.198. The standard InChI is InChI=1S/C16H21N3O/c20-16(17-9-8-14-6-7-14)19-12-10-18(11-13-19)15-4-2-1-3-5-15/h1-5,8-9,14H,6-7,10-13H2,(H,17,20)/b9-8+. The Labute approximate surface area is 120 Å². The maximum absolute atomic E-state index is 12.0. The van der Waals surface area contributed by atoms with Crippen LogP contribution in [0.5, 0.6) is 0 Å². The van der Waals surface area contributed by atoms with Crippen LogP contribution in [0, 0.1) is 5.92 Å². The number of carbonyl (C=O) groups is 1. The van der Waals surface area contributed by atoms with Crippen LogP contribution in [0.15, 0.2) is 42.6 Å². The number of rotatable bonds is 3. The molecule has 1 N–H and O–H groups in total. The molecular formula is C16H21N3O. The molecule has 0 unspecified atom stereocenters. The predicted molar refractivity (Wildman–Crippen MR) is 80.6 cm³/mol. The lowest BCUT2D eigenvalue weighted by Crippen LogP contribution is -2.51. The van der Waals surface area contributed by atoms with E-state index < -0.39 is 0 Å². The Bertz CT molecular complexity index is 474. The first-order valence-electron chi connectivity index (χ1n) is 7.35. The van der Waals surface area contributed by atoms with Crippen molar-refractivity contribution in [1.82, 2.24) is 10.2 Å². The molecule has 0 aromatic heterocycles. The number of piperazine rings is 1. The molecule has 1 aromatic carbocycles. The normalized spacial score (nSPS) is 19.4. The van der Waals surface area contributed by atoms with Gasteiger partial charge < -0.3 is 15.1 Å². The highest BCUT2D eigenvalue weighted by Crippen LogP contribution is 2.29. The first-order chi connectivity index (χ1) is 9.83. The molecule has 0 spiro atoms. The summed E-state index contributed by atoms with van der Waals surface area (Å²) in [6, 6.07) is 10.4. The van der Waals surface area contributed by atoms with Gasteiger partial charge in [-0.05, 0) is 30.9 Å². The molecule has 20 heavy (non-hydrogen) atoms. The smallest absolute Gasteiger partial charge is 0.321 e. The van der Waals surface area contributed by atoms with E-state index in [-0.39, 0.29) is 6.03 Å². The average Bonchev–Trinajstić information content (AvgIpc) is 3.32. The lowest BCUT2D eigenvalue weighted by atomic mass is 10.2. The van der Waals surface area contributed by atoms with E-state index in [9.17, 15) is 4.79 Å². The molecule has 1 aliphatic heterocycles. The highest BCUT2D eigenvalue weighted by Gasteiger charge is 2.21. The first-order valence-corrected chi connectivity index (χ1v) is 7.35. The zero-order valence-corrected chi connectivity index (χ0v) is 11.7. The summed E-state index contributed by atoms with van der Waals surface area (Å²) in [6.45, 7) is 3.34. The van der Waals surface area contributed by atoms with Crippen LogP contribution in [-0.2, 0) is 0 Å². The quantitative estimate of drug-likeness (QED) is 0.916. The predicted octanol–water partition coefficient (Wildman–Crippen LogP) is 2.44. The Morgan fingerprint density at radius 2 is 1.80 bits per heavy atom. The number of nitrogens with one attached hydrogen (secondary N) is 1. The summed E-state index contributed by atoms with van der Waals surface area (Å²) in [6.07, 6.45) is 6.44. The Balaban J connectivity index is 1.46. The molecule has 2 aliphatic rings. The van der Waals surface area contributed by atoms with Gasteiger partial charge in [0.1, 0.15) is 0 Å². The van der Waals surface area contributed by atoms with Crippen molar-refractivity contribution in [1.29, 1.82) is 0 Å². The topological polar surface area (TPSA) is 35.6 Å². The van der Waals surface area contributed by atoms with Crippen molar-refractivity contribution < 1.29 is 4.79 Å². The molecule has 1 saturated heterocycles. The maximum Gasteiger partial charge on any atom is 0.321 e. The van der Waals surface area contributed by atoms with Crippen molar-refractivity contribution in [3.05, 3.63) is 42.6 Å². The van der Waals surface area contributed by atoms with Crippen molar-refractivity contribution in [2.45, 2.75) is 12.8 Å². The summed E-state index contributed by atoms with van der Waals surface area (Å²) in [7, 11) is 0. The van der Waals surface area contributed by atoms with Crippen LogP contribution in [0.4, 0.5) is 10.5 Å². The van der Waals surface area contributed by atoms with Gasteiger partial charge in [0, 0.05) is 38.1 Å². The van der Waals surface area contributed by atoms with Crippen molar-refractivity contribution >= 4 is 11.7 Å². The molecule has 1 saturated carbocycles. The van der Waals surface area contributed by atoms with Gasteiger partial charge in [-0.3, -0.25) is 0 Å². The summed E-state index contributed by atoms with van der Waals surface area (Å²) in [5, 5.41) is 2.87. The van der Waals surface area contributed by atoms with Gasteiger partial charge in [-0.2, -0.15) is 0 Å². The van der Waals surface area contributed by atoms with Gasteiger partial charge >= 0.3 is 6.03 Å². The molecule has 1 aromatic rings. The van der Waals surface area contributed by atoms with Gasteiger partial charge in [-0.25, -0.2) is 4.79 Å². The Hall–Kier alpha value is -1.97. The third kappa shape index (κ3) is 3.32. The average molecular weight is 271 g/mol. The number of urea groups is 1. The minimum atomic E-state index is 0.0228. The van der Waals surface area contributed by atoms with Gasteiger partial charge in [0.15, 0.2) is 0 Å². The van der Waals surface area contributed by atoms with E-state index in [4.69, 9.17) is 0 Å². The summed E-state index contributed by atoms with van der Waals surface area (Å²) >= 11 is 0. The van der Waals surface area contributed by atoms with Gasteiger partial charge in [0.2, 0.25) is 0 Å². The van der Waals surface area contributed by atoms with Gasteiger partial charge in [-0.15, -0.1) is 0 Å². The van der Waals surface area contributed by atoms with Crippen molar-refractivity contribution in [2.75, 3.05) is 31.1 Å². The van der Waals surface area contributed by atoms with Crippen LogP contribution in [0.3, 0.4) is 0 Å². The molecule has 0 atom stereocenters. The highest BCUT2D eigenvalue weighted by atomic mass is 16.2. The highest BCUT2D eigenvalue weighted by molar-refractivity contribution is 5.75. The second kappa shape index (κ2) is 5.99. The molecule has 1 aliphatic carbocycles. The molecule has 106 valence electrons. The van der Waals surface area contributed by atoms with E-state index in [2.05, 4.69) is 40.6 Å². The molecule has 0 radical (unpaired) electrons. The van der Waals surface area contributed by atoms with Crippen LogP contribution in [-0.4, -0.2) is 37.1 Å². The van der Waals surface area contributed by atoms with Crippen molar-refractivity contribution in [3.63, 3.8) is 0 Å². The van der Waals surface area contributed by atoms with Crippen LogP contribution in [0.1, 0.15) is 12.8 Å². The van der Waals surface area contributed by atoms with Gasteiger partial charge in [-0.1, -0.05) is 24.3 Å². The Morgan fingerprint density at radius 3 is 2.45 bits per heavy atom. The second-order valence-electron chi connectivity index (χ2n) is 5.46. The van der Waals surface area contributed by atoms with Crippen LogP contribution in [0.2, 0.25) is 0 Å². The number of anilines is 1. The zero-order chi connectivity index (χ0) is 13.8. The second-order valence-corrected chi connectivity index (χ2v) is 5.46. The number of hydrogen-bond acceptors (Lipinski definition) is 2. The molecule has 2 amide bonds. The van der Waals surface area contributed by atoms with E-state index in [0.717, 1.165) is 26.2 Å². The lowest BCUT2D eigenvalue weighted by Gasteiger charge is -2.35. The van der Waals surface area contributed by atoms with Crippen LogP contribution >= 0.6 is 0 Å². The van der Waals surface area contributed by atoms with Crippen LogP contribution in [0.25, 0.3) is 0 Å². The summed E-state index contributed by atoms with van der Waals surface area (Å²) in [5.41, 5.74) is 1.24. The number of nitrogens with zero attached hydrogens (tertiary/aromatic N) is 2. The minimum absolute atomic E-state index is 0.0228. The number of amides is 2. The van der Waals surface area contributed by atoms with Gasteiger partial charge in [0.25, 0.3) is 0 Å². The SMILES string of the molecule is O=C(N/C=C/C1CC1)N1CCN(c2ccccc2)CC1. The fourth-order valence-corrected chi connectivity index (χ4v) is 2.44. The van der Waals surface area contributed by atoms with E-state index in [1.807, 2.05) is 17.2 Å². The fourth-order valence-electron chi connectivity index (χ4n) is 2.44. The summed E-state index contributed by atoms with van der Waals surface area (Å²) < 4.78 is 0. The third-order valence-corrected chi connectivity index (χ3v) is 3.89. The molecule has 1 heterocycles. The van der Waals surface area contributed by atoms with Crippen molar-refractivity contribution in [3.8, 4) is 0 Å². The van der Waals surface area contributed by atoms with Crippen molar-refractivity contribution in [2.24, 2.45) is 5.92 Å². The fraction of sp³-hybridized carbons (Fsp3) is 0.438. The molecule has 0 bridgehead atoms. The summed E-state index contributed by atoms with van der Waals surface area (Å²) in [5.74, 6) is 0.699. The number of para-hydroxylation sites is 1. The van der Waals surface area contributed by atoms with E-state index in [1.54, 1.807) is 0 Å². The molecule has 3 rings (SSSR count). The van der Waals surface area contributed by atoms with E-state index >= 15 is 0 Å². The molecule has 4 nitrogen and oxygen atoms in total. The number of carbonyl (C=O) groups excluding carboxylic acids is 1. The molecule has 2 fully saturated rings. The third-order valence-electron chi connectivity index (χ3n) is 3.89. The van der Waals surface area contributed by atoms with Gasteiger partial charge in [0.05, 0.1) is 0 Å². The number of allylic oxidation sites excluding steroid dienone is 1. The Morgan fingerprint density at radius 1 is 1.10 bits per heavy atom. The van der Waals surface area contributed by atoms with E-state index in [1.165, 1.54) is 18.5 Å². The minimum Gasteiger partial charge on any atom is -0.368 e. The Kier molecular flexibility index (Phi) is 3.90. The molecule has 4 heteroatoms.